The van der Waals surface area contributed by atoms with Crippen LogP contribution in [0.4, 0.5) is 0 Å². The highest BCUT2D eigenvalue weighted by Gasteiger charge is 2.27. The van der Waals surface area contributed by atoms with E-state index in [2.05, 4.69) is 25.3 Å². The normalized spacial score (nSPS) is 15.1. The van der Waals surface area contributed by atoms with Crippen LogP contribution in [0.3, 0.4) is 0 Å². The number of guanidine groups is 1. The predicted octanol–water partition coefficient (Wildman–Crippen LogP) is 2.97. The minimum atomic E-state index is -0.141. The van der Waals surface area contributed by atoms with Crippen LogP contribution in [0.2, 0.25) is 5.02 Å². The second kappa shape index (κ2) is 10.6. The second-order valence-electron chi connectivity index (χ2n) is 6.20. The first-order chi connectivity index (χ1) is 13.1. The number of esters is 1. The number of hydrogen-bond acceptors (Lipinski definition) is 6. The van der Waals surface area contributed by atoms with Crippen molar-refractivity contribution in [2.24, 2.45) is 10.9 Å². The molecule has 0 unspecified atom stereocenters. The Morgan fingerprint density at radius 1 is 1.36 bits per heavy atom. The molecule has 1 aromatic heterocycles. The van der Waals surface area contributed by atoms with Gasteiger partial charge in [0.15, 0.2) is 5.96 Å². The first-order valence-electron chi connectivity index (χ1n) is 8.72. The number of aliphatic imine (C=N–C) groups is 1. The largest absolute Gasteiger partial charge is 0.469 e. The van der Waals surface area contributed by atoms with E-state index in [-0.39, 0.29) is 35.9 Å². The molecule has 0 radical (unpaired) electrons. The quantitative estimate of drug-likeness (QED) is 0.287. The molecule has 152 valence electrons. The molecule has 1 aromatic carbocycles. The van der Waals surface area contributed by atoms with Crippen molar-refractivity contribution in [2.45, 2.75) is 19.4 Å². The molecule has 2 heterocycles. The van der Waals surface area contributed by atoms with Crippen LogP contribution in [-0.4, -0.2) is 54.2 Å². The van der Waals surface area contributed by atoms with Crippen LogP contribution in [0.25, 0.3) is 11.4 Å². The van der Waals surface area contributed by atoms with E-state index in [0.717, 1.165) is 37.5 Å². The van der Waals surface area contributed by atoms with E-state index >= 15 is 0 Å². The number of carbonyl (C=O) groups excluding carboxylic acids is 1. The summed E-state index contributed by atoms with van der Waals surface area (Å²) in [5, 5.41) is 7.88. The molecule has 0 saturated carbocycles. The summed E-state index contributed by atoms with van der Waals surface area (Å²) in [6, 6.07) is 7.25. The van der Waals surface area contributed by atoms with Gasteiger partial charge in [-0.25, -0.2) is 0 Å². The summed E-state index contributed by atoms with van der Waals surface area (Å²) in [5.74, 6) is 1.54. The van der Waals surface area contributed by atoms with Gasteiger partial charge in [0, 0.05) is 30.7 Å². The number of ether oxygens (including phenoxy) is 1. The molecule has 3 rings (SSSR count). The van der Waals surface area contributed by atoms with E-state index < -0.39 is 0 Å². The molecule has 0 atom stereocenters. The number of carbonyl (C=O) groups is 1. The first-order valence-corrected chi connectivity index (χ1v) is 9.10. The van der Waals surface area contributed by atoms with Gasteiger partial charge in [0.25, 0.3) is 0 Å². The smallest absolute Gasteiger partial charge is 0.308 e. The van der Waals surface area contributed by atoms with Gasteiger partial charge < -0.3 is 19.5 Å². The fourth-order valence-corrected chi connectivity index (χ4v) is 3.15. The van der Waals surface area contributed by atoms with Gasteiger partial charge in [-0.15, -0.1) is 24.0 Å². The molecule has 0 aliphatic carbocycles. The Hall–Kier alpha value is -1.88. The number of rotatable bonds is 4. The monoisotopic (exact) mass is 519 g/mol. The Labute approximate surface area is 185 Å². The molecule has 0 spiro atoms. The molecule has 28 heavy (non-hydrogen) atoms. The number of methoxy groups -OCH3 is 1. The van der Waals surface area contributed by atoms with Crippen molar-refractivity contribution in [3.63, 3.8) is 0 Å². The summed E-state index contributed by atoms with van der Waals surface area (Å²) < 4.78 is 10.1. The van der Waals surface area contributed by atoms with Crippen molar-refractivity contribution in [2.75, 3.05) is 27.2 Å². The van der Waals surface area contributed by atoms with E-state index in [9.17, 15) is 4.79 Å². The van der Waals surface area contributed by atoms with Crippen molar-refractivity contribution in [3.05, 3.63) is 35.2 Å². The fourth-order valence-electron chi connectivity index (χ4n) is 3.02. The van der Waals surface area contributed by atoms with Crippen molar-refractivity contribution >= 4 is 47.5 Å². The summed E-state index contributed by atoms with van der Waals surface area (Å²) in [7, 11) is 3.15. The third kappa shape index (κ3) is 5.57. The van der Waals surface area contributed by atoms with Crippen molar-refractivity contribution in [1.82, 2.24) is 20.4 Å². The summed E-state index contributed by atoms with van der Waals surface area (Å²) in [6.45, 7) is 1.84. The zero-order chi connectivity index (χ0) is 19.2. The van der Waals surface area contributed by atoms with Crippen LogP contribution in [-0.2, 0) is 16.1 Å². The Kier molecular flexibility index (Phi) is 8.49. The number of aromatic nitrogens is 2. The molecular formula is C18H23ClIN5O3. The summed E-state index contributed by atoms with van der Waals surface area (Å²) >= 11 is 5.90. The topological polar surface area (TPSA) is 92.9 Å². The predicted molar refractivity (Wildman–Crippen MR) is 117 cm³/mol. The maximum atomic E-state index is 11.6. The molecule has 1 fully saturated rings. The zero-order valence-electron chi connectivity index (χ0n) is 15.7. The minimum Gasteiger partial charge on any atom is -0.469 e. The number of likely N-dealkylation sites (tertiary alicyclic amines) is 1. The standard InChI is InChI=1S/C18H22ClN5O3.HI/c1-20-18(24-9-7-13(8-10-24)17(25)26-2)21-11-15-22-16(23-27-15)12-3-5-14(19)6-4-12;/h3-6,13H,7-11H2,1-2H3,(H,20,21);1H. The lowest BCUT2D eigenvalue weighted by atomic mass is 9.97. The SMILES string of the molecule is CN=C(NCc1nc(-c2ccc(Cl)cc2)no1)N1CCC(C(=O)OC)CC1.I. The lowest BCUT2D eigenvalue weighted by Gasteiger charge is -2.32. The van der Waals surface area contributed by atoms with Gasteiger partial charge in [-0.3, -0.25) is 9.79 Å². The van der Waals surface area contributed by atoms with E-state index in [1.54, 1.807) is 19.2 Å². The first kappa shape index (κ1) is 22.4. The molecule has 8 nitrogen and oxygen atoms in total. The average Bonchev–Trinajstić information content (AvgIpc) is 3.18. The van der Waals surface area contributed by atoms with Gasteiger partial charge in [-0.05, 0) is 37.1 Å². The van der Waals surface area contributed by atoms with Gasteiger partial charge >= 0.3 is 5.97 Å². The van der Waals surface area contributed by atoms with Gasteiger partial charge in [0.1, 0.15) is 0 Å². The summed E-state index contributed by atoms with van der Waals surface area (Å²) in [6.07, 6.45) is 1.49. The molecule has 0 amide bonds. The number of benzene rings is 1. The highest BCUT2D eigenvalue weighted by atomic mass is 127. The minimum absolute atomic E-state index is 0. The van der Waals surface area contributed by atoms with Crippen molar-refractivity contribution in [3.8, 4) is 11.4 Å². The third-order valence-electron chi connectivity index (χ3n) is 4.51. The van der Waals surface area contributed by atoms with Crippen LogP contribution in [0.5, 0.6) is 0 Å². The zero-order valence-corrected chi connectivity index (χ0v) is 18.8. The van der Waals surface area contributed by atoms with Gasteiger partial charge in [-0.1, -0.05) is 16.8 Å². The molecule has 1 aliphatic heterocycles. The van der Waals surface area contributed by atoms with Crippen molar-refractivity contribution in [1.29, 1.82) is 0 Å². The van der Waals surface area contributed by atoms with E-state index in [1.807, 2.05) is 12.1 Å². The maximum absolute atomic E-state index is 11.6. The lowest BCUT2D eigenvalue weighted by molar-refractivity contribution is -0.146. The van der Waals surface area contributed by atoms with E-state index in [4.69, 9.17) is 20.9 Å². The maximum Gasteiger partial charge on any atom is 0.308 e. The lowest BCUT2D eigenvalue weighted by Crippen LogP contribution is -2.46. The van der Waals surface area contributed by atoms with Gasteiger partial charge in [0.2, 0.25) is 11.7 Å². The number of hydrogen-bond donors (Lipinski definition) is 1. The van der Waals surface area contributed by atoms with Crippen molar-refractivity contribution < 1.29 is 14.1 Å². The Balaban J connectivity index is 0.00000280. The van der Waals surface area contributed by atoms with Crippen LogP contribution in [0.15, 0.2) is 33.8 Å². The number of nitrogens with zero attached hydrogens (tertiary/aromatic N) is 4. The third-order valence-corrected chi connectivity index (χ3v) is 4.76. The second-order valence-corrected chi connectivity index (χ2v) is 6.64. The van der Waals surface area contributed by atoms with Crippen LogP contribution in [0.1, 0.15) is 18.7 Å². The van der Waals surface area contributed by atoms with Crippen LogP contribution >= 0.6 is 35.6 Å². The Morgan fingerprint density at radius 2 is 2.04 bits per heavy atom. The number of nitrogens with one attached hydrogen (secondary N) is 1. The molecule has 10 heteroatoms. The van der Waals surface area contributed by atoms with Gasteiger partial charge in [-0.2, -0.15) is 4.98 Å². The van der Waals surface area contributed by atoms with E-state index in [0.29, 0.717) is 23.3 Å². The number of piperidine rings is 1. The molecule has 1 aliphatic rings. The molecular weight excluding hydrogens is 497 g/mol. The number of halogens is 2. The van der Waals surface area contributed by atoms with E-state index in [1.165, 1.54) is 7.11 Å². The molecule has 1 saturated heterocycles. The highest BCUT2D eigenvalue weighted by molar-refractivity contribution is 14.0. The fraction of sp³-hybridized carbons (Fsp3) is 0.444. The van der Waals surface area contributed by atoms with Crippen LogP contribution < -0.4 is 5.32 Å². The average molecular weight is 520 g/mol. The molecule has 2 aromatic rings. The summed E-state index contributed by atoms with van der Waals surface area (Å²) in [4.78, 5) is 22.4. The molecule has 1 N–H and O–H groups in total. The Bertz CT molecular complexity index is 804. The Morgan fingerprint density at radius 3 is 2.64 bits per heavy atom. The van der Waals surface area contributed by atoms with Crippen LogP contribution in [0, 0.1) is 5.92 Å². The summed E-state index contributed by atoms with van der Waals surface area (Å²) in [5.41, 5.74) is 0.837. The van der Waals surface area contributed by atoms with Gasteiger partial charge in [0.05, 0.1) is 19.6 Å². The molecule has 0 bridgehead atoms. The highest BCUT2D eigenvalue weighted by Crippen LogP contribution is 2.20.